The average Bonchev–Trinajstić information content (AvgIpc) is 2.60. The number of pyridine rings is 1. The maximum absolute atomic E-state index is 12.2. The van der Waals surface area contributed by atoms with Crippen molar-refractivity contribution in [1.29, 1.82) is 0 Å². The Bertz CT molecular complexity index is 510. The molecular formula is C18H27N3O2. The summed E-state index contributed by atoms with van der Waals surface area (Å²) in [5, 5.41) is 5.99. The highest BCUT2D eigenvalue weighted by atomic mass is 16.2. The van der Waals surface area contributed by atoms with E-state index in [9.17, 15) is 9.59 Å². The molecule has 2 amide bonds. The molecule has 1 fully saturated rings. The quantitative estimate of drug-likeness (QED) is 0.846. The molecule has 0 aliphatic heterocycles. The number of nitrogens with zero attached hydrogens (tertiary/aromatic N) is 1. The molecule has 0 saturated heterocycles. The fraction of sp³-hybridized carbons (Fsp3) is 0.611. The molecule has 1 aliphatic rings. The average molecular weight is 317 g/mol. The smallest absolute Gasteiger partial charge is 0.223 e. The summed E-state index contributed by atoms with van der Waals surface area (Å²) < 4.78 is 0. The van der Waals surface area contributed by atoms with Crippen molar-refractivity contribution in [3.05, 3.63) is 30.1 Å². The van der Waals surface area contributed by atoms with Crippen molar-refractivity contribution >= 4 is 11.8 Å². The van der Waals surface area contributed by atoms with Gasteiger partial charge in [-0.1, -0.05) is 13.0 Å². The Morgan fingerprint density at radius 2 is 1.83 bits per heavy atom. The third-order valence-electron chi connectivity index (χ3n) is 4.64. The van der Waals surface area contributed by atoms with Gasteiger partial charge < -0.3 is 10.6 Å². The van der Waals surface area contributed by atoms with Crippen molar-refractivity contribution in [3.63, 3.8) is 0 Å². The Morgan fingerprint density at radius 1 is 1.17 bits per heavy atom. The standard InChI is InChI=1S/C18H27N3O2/c1-3-13(2)21-18(23)15-9-7-14(8-10-15)17(22)20-12-16-6-4-5-11-19-16/h4-6,11,13-15H,3,7-10,12H2,1-2H3,(H,20,22)(H,21,23). The van der Waals surface area contributed by atoms with Crippen LogP contribution in [0, 0.1) is 11.8 Å². The van der Waals surface area contributed by atoms with Crippen LogP contribution in [0.15, 0.2) is 24.4 Å². The van der Waals surface area contributed by atoms with Gasteiger partial charge in [-0.2, -0.15) is 0 Å². The van der Waals surface area contributed by atoms with Crippen molar-refractivity contribution < 1.29 is 9.59 Å². The highest BCUT2D eigenvalue weighted by Gasteiger charge is 2.30. The zero-order valence-corrected chi connectivity index (χ0v) is 14.0. The van der Waals surface area contributed by atoms with Crippen LogP contribution in [0.5, 0.6) is 0 Å². The van der Waals surface area contributed by atoms with Crippen LogP contribution in [0.3, 0.4) is 0 Å². The van der Waals surface area contributed by atoms with Gasteiger partial charge in [0, 0.05) is 24.1 Å². The molecule has 1 aromatic heterocycles. The molecule has 5 heteroatoms. The summed E-state index contributed by atoms with van der Waals surface area (Å²) >= 11 is 0. The van der Waals surface area contributed by atoms with Crippen molar-refractivity contribution in [2.75, 3.05) is 0 Å². The fourth-order valence-electron chi connectivity index (χ4n) is 2.91. The number of aromatic nitrogens is 1. The number of amides is 2. The Balaban J connectivity index is 1.73. The number of nitrogens with one attached hydrogen (secondary N) is 2. The summed E-state index contributed by atoms with van der Waals surface area (Å²) in [5.74, 6) is 0.304. The van der Waals surface area contributed by atoms with Gasteiger partial charge in [0.1, 0.15) is 0 Å². The Hall–Kier alpha value is -1.91. The fourth-order valence-corrected chi connectivity index (χ4v) is 2.91. The van der Waals surface area contributed by atoms with Gasteiger partial charge in [-0.25, -0.2) is 0 Å². The van der Waals surface area contributed by atoms with Crippen molar-refractivity contribution in [2.24, 2.45) is 11.8 Å². The lowest BCUT2D eigenvalue weighted by atomic mass is 9.81. The minimum atomic E-state index is 0.0198. The van der Waals surface area contributed by atoms with E-state index < -0.39 is 0 Å². The molecule has 1 heterocycles. The Morgan fingerprint density at radius 3 is 2.39 bits per heavy atom. The lowest BCUT2D eigenvalue weighted by Gasteiger charge is -2.28. The van der Waals surface area contributed by atoms with Crippen LogP contribution in [-0.4, -0.2) is 22.8 Å². The normalized spacial score (nSPS) is 22.2. The first kappa shape index (κ1) is 17.4. The zero-order valence-electron chi connectivity index (χ0n) is 14.0. The molecule has 23 heavy (non-hydrogen) atoms. The van der Waals surface area contributed by atoms with E-state index in [2.05, 4.69) is 22.5 Å². The highest BCUT2D eigenvalue weighted by Crippen LogP contribution is 2.29. The SMILES string of the molecule is CCC(C)NC(=O)C1CCC(C(=O)NCc2ccccn2)CC1. The third kappa shape index (κ3) is 5.34. The lowest BCUT2D eigenvalue weighted by molar-refractivity contribution is -0.131. The molecule has 5 nitrogen and oxygen atoms in total. The molecule has 1 saturated carbocycles. The van der Waals surface area contributed by atoms with E-state index in [-0.39, 0.29) is 29.7 Å². The number of rotatable bonds is 6. The molecule has 1 atom stereocenters. The molecule has 0 aromatic carbocycles. The molecule has 1 aromatic rings. The first-order valence-corrected chi connectivity index (χ1v) is 8.58. The predicted molar refractivity (Wildman–Crippen MR) is 89.4 cm³/mol. The number of hydrogen-bond acceptors (Lipinski definition) is 3. The topological polar surface area (TPSA) is 71.1 Å². The van der Waals surface area contributed by atoms with Crippen LogP contribution in [0.4, 0.5) is 0 Å². The second-order valence-corrected chi connectivity index (χ2v) is 6.41. The number of carbonyl (C=O) groups is 2. The van der Waals surface area contributed by atoms with Crippen LogP contribution in [0.1, 0.15) is 51.6 Å². The minimum absolute atomic E-state index is 0.0198. The van der Waals surface area contributed by atoms with Gasteiger partial charge in [0.05, 0.1) is 12.2 Å². The van der Waals surface area contributed by atoms with Gasteiger partial charge in [-0.3, -0.25) is 14.6 Å². The molecule has 1 unspecified atom stereocenters. The van der Waals surface area contributed by atoms with Gasteiger partial charge in [0.25, 0.3) is 0 Å². The maximum atomic E-state index is 12.2. The van der Waals surface area contributed by atoms with E-state index in [0.717, 1.165) is 37.8 Å². The molecule has 0 bridgehead atoms. The summed E-state index contributed by atoms with van der Waals surface area (Å²) in [6.45, 7) is 4.55. The second-order valence-electron chi connectivity index (χ2n) is 6.41. The summed E-state index contributed by atoms with van der Waals surface area (Å²) in [5.41, 5.74) is 0.863. The van der Waals surface area contributed by atoms with E-state index in [1.807, 2.05) is 25.1 Å². The molecule has 1 aliphatic carbocycles. The van der Waals surface area contributed by atoms with Crippen LogP contribution in [-0.2, 0) is 16.1 Å². The summed E-state index contributed by atoms with van der Waals surface area (Å²) in [7, 11) is 0. The van der Waals surface area contributed by atoms with Crippen LogP contribution in [0.25, 0.3) is 0 Å². The number of hydrogen-bond donors (Lipinski definition) is 2. The van der Waals surface area contributed by atoms with E-state index in [1.165, 1.54) is 0 Å². The monoisotopic (exact) mass is 317 g/mol. The van der Waals surface area contributed by atoms with Crippen LogP contribution < -0.4 is 10.6 Å². The van der Waals surface area contributed by atoms with Crippen molar-refractivity contribution in [1.82, 2.24) is 15.6 Å². The number of carbonyl (C=O) groups excluding carboxylic acids is 2. The van der Waals surface area contributed by atoms with E-state index in [1.54, 1.807) is 6.20 Å². The summed E-state index contributed by atoms with van der Waals surface area (Å²) in [6, 6.07) is 5.89. The van der Waals surface area contributed by atoms with Gasteiger partial charge >= 0.3 is 0 Å². The largest absolute Gasteiger partial charge is 0.353 e. The molecule has 2 rings (SSSR count). The van der Waals surface area contributed by atoms with Crippen molar-refractivity contribution in [3.8, 4) is 0 Å². The van der Waals surface area contributed by atoms with Crippen LogP contribution in [0.2, 0.25) is 0 Å². The van der Waals surface area contributed by atoms with E-state index in [0.29, 0.717) is 6.54 Å². The third-order valence-corrected chi connectivity index (χ3v) is 4.64. The van der Waals surface area contributed by atoms with E-state index >= 15 is 0 Å². The molecular weight excluding hydrogens is 290 g/mol. The lowest BCUT2D eigenvalue weighted by Crippen LogP contribution is -2.40. The summed E-state index contributed by atoms with van der Waals surface area (Å²) in [6.07, 6.45) is 5.83. The summed E-state index contributed by atoms with van der Waals surface area (Å²) in [4.78, 5) is 28.6. The first-order chi connectivity index (χ1) is 11.1. The highest BCUT2D eigenvalue weighted by molar-refractivity contribution is 5.81. The first-order valence-electron chi connectivity index (χ1n) is 8.58. The maximum Gasteiger partial charge on any atom is 0.223 e. The van der Waals surface area contributed by atoms with Crippen molar-refractivity contribution in [2.45, 2.75) is 58.5 Å². The molecule has 126 valence electrons. The van der Waals surface area contributed by atoms with Gasteiger partial charge in [-0.15, -0.1) is 0 Å². The van der Waals surface area contributed by atoms with E-state index in [4.69, 9.17) is 0 Å². The molecule has 2 N–H and O–H groups in total. The van der Waals surface area contributed by atoms with Gasteiger partial charge in [0.2, 0.25) is 11.8 Å². The minimum Gasteiger partial charge on any atom is -0.353 e. The van der Waals surface area contributed by atoms with Gasteiger partial charge in [-0.05, 0) is 51.2 Å². The Labute approximate surface area is 138 Å². The predicted octanol–water partition coefficient (Wildman–Crippen LogP) is 2.42. The molecule has 0 radical (unpaired) electrons. The van der Waals surface area contributed by atoms with Crippen LogP contribution >= 0.6 is 0 Å². The molecule has 0 spiro atoms. The zero-order chi connectivity index (χ0) is 16.7. The Kier molecular flexibility index (Phi) is 6.56. The second kappa shape index (κ2) is 8.65. The van der Waals surface area contributed by atoms with Gasteiger partial charge in [0.15, 0.2) is 0 Å².